The van der Waals surface area contributed by atoms with E-state index in [-0.39, 0.29) is 0 Å². The van der Waals surface area contributed by atoms with Crippen LogP contribution in [0.5, 0.6) is 10.9 Å². The molecule has 1 aromatic heterocycles. The molecule has 0 unspecified atom stereocenters. The van der Waals surface area contributed by atoms with Crippen LogP contribution in [0.25, 0.3) is 0 Å². The van der Waals surface area contributed by atoms with Gasteiger partial charge in [-0.05, 0) is 31.5 Å². The maximum atomic E-state index is 5.69. The van der Waals surface area contributed by atoms with Crippen LogP contribution in [0.3, 0.4) is 0 Å². The van der Waals surface area contributed by atoms with E-state index < -0.39 is 0 Å². The van der Waals surface area contributed by atoms with Gasteiger partial charge in [-0.1, -0.05) is 33.3 Å². The quantitative estimate of drug-likeness (QED) is 0.819. The molecule has 15 heavy (non-hydrogen) atoms. The third-order valence-corrected chi connectivity index (χ3v) is 3.27. The van der Waals surface area contributed by atoms with Crippen LogP contribution in [0.1, 0.15) is 11.3 Å². The van der Waals surface area contributed by atoms with Gasteiger partial charge in [-0.15, -0.1) is 0 Å². The summed E-state index contributed by atoms with van der Waals surface area (Å²) < 4.78 is 6.70. The monoisotopic (exact) mass is 283 g/mol. The molecule has 0 aliphatic heterocycles. The fourth-order valence-electron chi connectivity index (χ4n) is 1.16. The number of nitrogens with zero attached hydrogens (tertiary/aromatic N) is 1. The van der Waals surface area contributed by atoms with Crippen LogP contribution < -0.4 is 4.74 Å². The number of benzene rings is 1. The van der Waals surface area contributed by atoms with Gasteiger partial charge in [0.1, 0.15) is 5.75 Å². The van der Waals surface area contributed by atoms with Gasteiger partial charge in [-0.3, -0.25) is 0 Å². The lowest BCUT2D eigenvalue weighted by atomic mass is 10.2. The van der Waals surface area contributed by atoms with E-state index in [1.807, 2.05) is 37.4 Å². The zero-order valence-corrected chi connectivity index (χ0v) is 10.9. The molecule has 0 amide bonds. The second-order valence-electron chi connectivity index (χ2n) is 3.27. The van der Waals surface area contributed by atoms with E-state index >= 15 is 0 Å². The summed E-state index contributed by atoms with van der Waals surface area (Å²) in [7, 11) is 0. The smallest absolute Gasteiger partial charge is 0.278 e. The molecule has 0 fully saturated rings. The van der Waals surface area contributed by atoms with Crippen LogP contribution >= 0.6 is 27.3 Å². The highest BCUT2D eigenvalue weighted by molar-refractivity contribution is 9.10. The number of rotatable bonds is 2. The van der Waals surface area contributed by atoms with E-state index in [1.165, 1.54) is 11.3 Å². The summed E-state index contributed by atoms with van der Waals surface area (Å²) in [5.74, 6) is 0.846. The van der Waals surface area contributed by atoms with Gasteiger partial charge in [-0.2, -0.15) is 0 Å². The third kappa shape index (κ3) is 2.58. The van der Waals surface area contributed by atoms with Gasteiger partial charge in [0.2, 0.25) is 0 Å². The Kier molecular flexibility index (Phi) is 3.07. The summed E-state index contributed by atoms with van der Waals surface area (Å²) >= 11 is 4.93. The van der Waals surface area contributed by atoms with Gasteiger partial charge in [0.05, 0.1) is 5.69 Å². The minimum atomic E-state index is 0.689. The predicted octanol–water partition coefficient (Wildman–Crippen LogP) is 4.31. The molecule has 78 valence electrons. The number of aryl methyl sites for hydroxylation is 2. The number of ether oxygens (including phenoxy) is 1. The highest BCUT2D eigenvalue weighted by Crippen LogP contribution is 2.29. The third-order valence-electron chi connectivity index (χ3n) is 1.95. The van der Waals surface area contributed by atoms with Gasteiger partial charge in [0.15, 0.2) is 0 Å². The summed E-state index contributed by atoms with van der Waals surface area (Å²) in [6, 6.07) is 5.96. The minimum Gasteiger partial charge on any atom is -0.431 e. The van der Waals surface area contributed by atoms with Gasteiger partial charge in [0, 0.05) is 9.85 Å². The molecule has 0 saturated heterocycles. The average Bonchev–Trinajstić information content (AvgIpc) is 2.58. The Bertz CT molecular complexity index is 481. The zero-order chi connectivity index (χ0) is 10.8. The molecule has 0 aliphatic carbocycles. The second kappa shape index (κ2) is 4.33. The summed E-state index contributed by atoms with van der Waals surface area (Å²) in [4.78, 5) is 4.26. The van der Waals surface area contributed by atoms with Gasteiger partial charge in [0.25, 0.3) is 5.19 Å². The maximum absolute atomic E-state index is 5.69. The largest absolute Gasteiger partial charge is 0.431 e. The molecule has 0 aliphatic rings. The molecule has 1 aromatic carbocycles. The first-order chi connectivity index (χ1) is 7.15. The van der Waals surface area contributed by atoms with Crippen LogP contribution in [0, 0.1) is 13.8 Å². The summed E-state index contributed by atoms with van der Waals surface area (Å²) in [6.07, 6.45) is 0. The lowest BCUT2D eigenvalue weighted by molar-refractivity contribution is 0.474. The standard InChI is InChI=1S/C11H10BrNOS/c1-7-3-4-9(12)5-10(7)14-11-13-8(2)6-15-11/h3-6H,1-2H3. The summed E-state index contributed by atoms with van der Waals surface area (Å²) in [5, 5.41) is 2.66. The second-order valence-corrected chi connectivity index (χ2v) is 5.00. The van der Waals surface area contributed by atoms with Gasteiger partial charge >= 0.3 is 0 Å². The lowest BCUT2D eigenvalue weighted by Gasteiger charge is -2.05. The van der Waals surface area contributed by atoms with Crippen LogP contribution in [0.2, 0.25) is 0 Å². The molecule has 0 bridgehead atoms. The molecule has 0 N–H and O–H groups in total. The van der Waals surface area contributed by atoms with Crippen LogP contribution in [0.15, 0.2) is 28.1 Å². The number of thiazole rings is 1. The Morgan fingerprint density at radius 2 is 2.13 bits per heavy atom. The van der Waals surface area contributed by atoms with Crippen molar-refractivity contribution in [2.75, 3.05) is 0 Å². The number of halogens is 1. The van der Waals surface area contributed by atoms with Crippen molar-refractivity contribution >= 4 is 27.3 Å². The molecule has 0 saturated carbocycles. The Morgan fingerprint density at radius 3 is 2.80 bits per heavy atom. The normalized spacial score (nSPS) is 10.3. The van der Waals surface area contributed by atoms with Crippen LogP contribution in [-0.4, -0.2) is 4.98 Å². The fraction of sp³-hybridized carbons (Fsp3) is 0.182. The van der Waals surface area contributed by atoms with Gasteiger partial charge < -0.3 is 4.74 Å². The van der Waals surface area contributed by atoms with E-state index in [2.05, 4.69) is 20.9 Å². The lowest BCUT2D eigenvalue weighted by Crippen LogP contribution is -1.86. The molecular formula is C11H10BrNOS. The molecule has 2 nitrogen and oxygen atoms in total. The van der Waals surface area contributed by atoms with Crippen LogP contribution in [-0.2, 0) is 0 Å². The van der Waals surface area contributed by atoms with Crippen molar-refractivity contribution in [3.05, 3.63) is 39.3 Å². The molecule has 0 radical (unpaired) electrons. The number of hydrogen-bond acceptors (Lipinski definition) is 3. The summed E-state index contributed by atoms with van der Waals surface area (Å²) in [6.45, 7) is 3.97. The van der Waals surface area contributed by atoms with E-state index in [9.17, 15) is 0 Å². The molecule has 2 rings (SSSR count). The highest BCUT2D eigenvalue weighted by Gasteiger charge is 2.04. The van der Waals surface area contributed by atoms with Crippen LogP contribution in [0.4, 0.5) is 0 Å². The predicted molar refractivity (Wildman–Crippen MR) is 65.8 cm³/mol. The molecule has 1 heterocycles. The minimum absolute atomic E-state index is 0.689. The molecule has 0 atom stereocenters. The van der Waals surface area contributed by atoms with E-state index in [0.29, 0.717) is 5.19 Å². The number of hydrogen-bond donors (Lipinski definition) is 0. The van der Waals surface area contributed by atoms with Crippen molar-refractivity contribution in [2.24, 2.45) is 0 Å². The van der Waals surface area contributed by atoms with E-state index in [1.54, 1.807) is 0 Å². The van der Waals surface area contributed by atoms with Crippen molar-refractivity contribution in [2.45, 2.75) is 13.8 Å². The van der Waals surface area contributed by atoms with E-state index in [4.69, 9.17) is 4.74 Å². The maximum Gasteiger partial charge on any atom is 0.278 e. The summed E-state index contributed by atoms with van der Waals surface area (Å²) in [5.41, 5.74) is 2.09. The van der Waals surface area contributed by atoms with E-state index in [0.717, 1.165) is 21.5 Å². The Labute approximate surface area is 101 Å². The Balaban J connectivity index is 2.27. The number of aromatic nitrogens is 1. The van der Waals surface area contributed by atoms with Crippen molar-refractivity contribution in [3.63, 3.8) is 0 Å². The zero-order valence-electron chi connectivity index (χ0n) is 8.45. The topological polar surface area (TPSA) is 22.1 Å². The highest BCUT2D eigenvalue weighted by atomic mass is 79.9. The molecule has 2 aromatic rings. The molecular weight excluding hydrogens is 274 g/mol. The Hall–Kier alpha value is -0.870. The fourth-order valence-corrected chi connectivity index (χ4v) is 2.16. The van der Waals surface area contributed by atoms with Crippen molar-refractivity contribution in [1.29, 1.82) is 0 Å². The van der Waals surface area contributed by atoms with Crippen molar-refractivity contribution < 1.29 is 4.74 Å². The molecule has 0 spiro atoms. The molecule has 4 heteroatoms. The SMILES string of the molecule is Cc1csc(Oc2cc(Br)ccc2C)n1. The van der Waals surface area contributed by atoms with Crippen molar-refractivity contribution in [1.82, 2.24) is 4.98 Å². The van der Waals surface area contributed by atoms with Crippen molar-refractivity contribution in [3.8, 4) is 10.9 Å². The Morgan fingerprint density at radius 1 is 1.33 bits per heavy atom. The first kappa shape index (κ1) is 10.6. The van der Waals surface area contributed by atoms with Gasteiger partial charge in [-0.25, -0.2) is 4.98 Å². The first-order valence-corrected chi connectivity index (χ1v) is 6.18. The first-order valence-electron chi connectivity index (χ1n) is 4.51. The average molecular weight is 284 g/mol.